The molecule has 29 heavy (non-hydrogen) atoms. The summed E-state index contributed by atoms with van der Waals surface area (Å²) < 4.78 is 45.6. The van der Waals surface area contributed by atoms with Gasteiger partial charge in [-0.1, -0.05) is 6.07 Å². The van der Waals surface area contributed by atoms with Crippen LogP contribution < -0.4 is 15.4 Å². The highest BCUT2D eigenvalue weighted by Crippen LogP contribution is 2.29. The number of nitrogens with one attached hydrogen (secondary N) is 2. The molecule has 0 fully saturated rings. The average molecular weight is 408 g/mol. The van der Waals surface area contributed by atoms with E-state index in [1.165, 1.54) is 6.92 Å². The van der Waals surface area contributed by atoms with Crippen molar-refractivity contribution in [2.45, 2.75) is 26.9 Å². The van der Waals surface area contributed by atoms with E-state index >= 15 is 0 Å². The molecular weight excluding hydrogens is 389 g/mol. The van der Waals surface area contributed by atoms with E-state index in [9.17, 15) is 18.0 Å². The molecule has 2 aromatic heterocycles. The first-order valence-electron chi connectivity index (χ1n) is 8.71. The molecule has 2 N–H and O–H groups in total. The fraction of sp³-hybridized carbons (Fsp3) is 0.333. The summed E-state index contributed by atoms with van der Waals surface area (Å²) in [5, 5.41) is 16.5. The molecule has 1 amide bonds. The molecule has 0 atom stereocenters. The third kappa shape index (κ3) is 4.55. The standard InChI is InChI=1S/C18H19F3N6O2/c1-10-11(2)16-24-25-17(18(19,20)21)27(16)26-15(10)22-7-8-29-14-6-4-5-13(9-14)23-12(3)28/h4-6,9H,7-8H2,1-3H3,(H,22,26)(H,23,28). The summed E-state index contributed by atoms with van der Waals surface area (Å²) in [5.74, 6) is -0.531. The van der Waals surface area contributed by atoms with Gasteiger partial charge in [0.15, 0.2) is 11.5 Å². The van der Waals surface area contributed by atoms with Gasteiger partial charge in [-0.3, -0.25) is 4.79 Å². The third-order valence-corrected chi connectivity index (χ3v) is 4.16. The number of halogens is 3. The van der Waals surface area contributed by atoms with Crippen molar-refractivity contribution in [1.29, 1.82) is 0 Å². The van der Waals surface area contributed by atoms with E-state index in [2.05, 4.69) is 25.9 Å². The number of nitrogens with zero attached hydrogens (tertiary/aromatic N) is 4. The Morgan fingerprint density at radius 3 is 2.66 bits per heavy atom. The van der Waals surface area contributed by atoms with Crippen LogP contribution in [0.2, 0.25) is 0 Å². The van der Waals surface area contributed by atoms with Crippen LogP contribution in [-0.2, 0) is 11.0 Å². The molecule has 0 aliphatic rings. The van der Waals surface area contributed by atoms with Crippen molar-refractivity contribution >= 4 is 23.1 Å². The first-order chi connectivity index (χ1) is 13.7. The minimum Gasteiger partial charge on any atom is -0.492 e. The molecule has 3 aromatic rings. The lowest BCUT2D eigenvalue weighted by Crippen LogP contribution is -2.17. The zero-order valence-electron chi connectivity index (χ0n) is 16.0. The molecule has 2 heterocycles. The Morgan fingerprint density at radius 2 is 1.97 bits per heavy atom. The maximum atomic E-state index is 13.1. The van der Waals surface area contributed by atoms with Crippen LogP contribution in [0.5, 0.6) is 5.75 Å². The Kier molecular flexibility index (Phi) is 5.57. The number of hydrogen-bond acceptors (Lipinski definition) is 6. The van der Waals surface area contributed by atoms with Gasteiger partial charge >= 0.3 is 6.18 Å². The van der Waals surface area contributed by atoms with Crippen LogP contribution in [0, 0.1) is 13.8 Å². The topological polar surface area (TPSA) is 93.4 Å². The monoisotopic (exact) mass is 408 g/mol. The zero-order chi connectivity index (χ0) is 21.2. The fourth-order valence-corrected chi connectivity index (χ4v) is 2.68. The van der Waals surface area contributed by atoms with E-state index in [-0.39, 0.29) is 24.0 Å². The summed E-state index contributed by atoms with van der Waals surface area (Å²) in [4.78, 5) is 11.1. The van der Waals surface area contributed by atoms with Gasteiger partial charge < -0.3 is 15.4 Å². The summed E-state index contributed by atoms with van der Waals surface area (Å²) in [6.07, 6.45) is -4.66. The molecule has 1 aromatic carbocycles. The van der Waals surface area contributed by atoms with Crippen LogP contribution in [0.15, 0.2) is 24.3 Å². The van der Waals surface area contributed by atoms with Crippen LogP contribution in [0.4, 0.5) is 24.7 Å². The van der Waals surface area contributed by atoms with Crippen molar-refractivity contribution in [3.8, 4) is 5.75 Å². The minimum absolute atomic E-state index is 0.0615. The maximum Gasteiger partial charge on any atom is 0.453 e. The maximum absolute atomic E-state index is 13.1. The van der Waals surface area contributed by atoms with Crippen LogP contribution >= 0.6 is 0 Å². The quantitative estimate of drug-likeness (QED) is 0.609. The Morgan fingerprint density at radius 1 is 1.21 bits per heavy atom. The number of hydrogen-bond donors (Lipinski definition) is 2. The molecule has 0 saturated carbocycles. The largest absolute Gasteiger partial charge is 0.492 e. The van der Waals surface area contributed by atoms with Crippen molar-refractivity contribution in [3.05, 3.63) is 41.2 Å². The van der Waals surface area contributed by atoms with Crippen LogP contribution in [0.3, 0.4) is 0 Å². The van der Waals surface area contributed by atoms with Crippen molar-refractivity contribution < 1.29 is 22.7 Å². The van der Waals surface area contributed by atoms with Crippen LogP contribution in [0.25, 0.3) is 5.65 Å². The number of ether oxygens (including phenoxy) is 1. The van der Waals surface area contributed by atoms with Gasteiger partial charge in [0.25, 0.3) is 5.82 Å². The van der Waals surface area contributed by atoms with E-state index in [0.29, 0.717) is 33.6 Å². The fourth-order valence-electron chi connectivity index (χ4n) is 2.68. The summed E-state index contributed by atoms with van der Waals surface area (Å²) in [6.45, 7) is 5.34. The van der Waals surface area contributed by atoms with Gasteiger partial charge in [-0.25, -0.2) is 0 Å². The molecule has 3 rings (SSSR count). The van der Waals surface area contributed by atoms with E-state index < -0.39 is 12.0 Å². The number of alkyl halides is 3. The molecular formula is C18H19F3N6O2. The molecule has 0 aliphatic heterocycles. The van der Waals surface area contributed by atoms with Gasteiger partial charge in [0.2, 0.25) is 5.91 Å². The second kappa shape index (κ2) is 7.94. The highest BCUT2D eigenvalue weighted by molar-refractivity contribution is 5.88. The molecule has 154 valence electrons. The molecule has 8 nitrogen and oxygen atoms in total. The van der Waals surface area contributed by atoms with Gasteiger partial charge in [-0.05, 0) is 31.5 Å². The Balaban J connectivity index is 1.69. The highest BCUT2D eigenvalue weighted by atomic mass is 19.4. The number of aromatic nitrogens is 4. The lowest BCUT2D eigenvalue weighted by atomic mass is 10.2. The van der Waals surface area contributed by atoms with Crippen LogP contribution in [0.1, 0.15) is 23.9 Å². The van der Waals surface area contributed by atoms with Gasteiger partial charge in [0.1, 0.15) is 12.4 Å². The third-order valence-electron chi connectivity index (χ3n) is 4.16. The molecule has 11 heteroatoms. The molecule has 0 saturated heterocycles. The molecule has 0 unspecified atom stereocenters. The van der Waals surface area contributed by atoms with E-state index in [1.807, 2.05) is 0 Å². The normalized spacial score (nSPS) is 11.5. The first kappa shape index (κ1) is 20.4. The SMILES string of the molecule is CC(=O)Nc1cccc(OCCNc2nn3c(C(F)(F)F)nnc3c(C)c2C)c1. The number of carbonyl (C=O) groups excluding carboxylic acids is 1. The number of anilines is 2. The number of aryl methyl sites for hydroxylation is 1. The predicted octanol–water partition coefficient (Wildman–Crippen LogP) is 3.21. The molecule has 0 radical (unpaired) electrons. The van der Waals surface area contributed by atoms with E-state index in [0.717, 1.165) is 0 Å². The van der Waals surface area contributed by atoms with Gasteiger partial charge in [0.05, 0.1) is 6.54 Å². The first-order valence-corrected chi connectivity index (χ1v) is 8.71. The van der Waals surface area contributed by atoms with Crippen LogP contribution in [-0.4, -0.2) is 38.9 Å². The van der Waals surface area contributed by atoms with Gasteiger partial charge in [-0.2, -0.15) is 17.7 Å². The summed E-state index contributed by atoms with van der Waals surface area (Å²) in [5.41, 5.74) is 1.89. The van der Waals surface area contributed by atoms with Crippen molar-refractivity contribution in [2.24, 2.45) is 0 Å². The Bertz CT molecular complexity index is 1050. The number of carbonyl (C=O) groups is 1. The minimum atomic E-state index is -4.66. The van der Waals surface area contributed by atoms with Gasteiger partial charge in [-0.15, -0.1) is 15.3 Å². The molecule has 0 spiro atoms. The number of rotatable bonds is 6. The second-order valence-corrected chi connectivity index (χ2v) is 6.34. The van der Waals surface area contributed by atoms with Crippen molar-refractivity contribution in [3.63, 3.8) is 0 Å². The number of fused-ring (bicyclic) bond motifs is 1. The zero-order valence-corrected chi connectivity index (χ0v) is 16.0. The van der Waals surface area contributed by atoms with E-state index in [1.54, 1.807) is 38.1 Å². The predicted molar refractivity (Wildman–Crippen MR) is 100.0 cm³/mol. The summed E-state index contributed by atoms with van der Waals surface area (Å²) >= 11 is 0. The molecule has 0 bridgehead atoms. The second-order valence-electron chi connectivity index (χ2n) is 6.34. The smallest absolute Gasteiger partial charge is 0.453 e. The lowest BCUT2D eigenvalue weighted by Gasteiger charge is -2.13. The summed E-state index contributed by atoms with van der Waals surface area (Å²) in [6, 6.07) is 6.88. The average Bonchev–Trinajstić information content (AvgIpc) is 3.07. The molecule has 0 aliphatic carbocycles. The number of amides is 1. The Labute approximate surface area is 164 Å². The van der Waals surface area contributed by atoms with E-state index in [4.69, 9.17) is 4.74 Å². The van der Waals surface area contributed by atoms with Crippen molar-refractivity contribution in [2.75, 3.05) is 23.8 Å². The highest BCUT2D eigenvalue weighted by Gasteiger charge is 2.38. The summed E-state index contributed by atoms with van der Waals surface area (Å²) in [7, 11) is 0. The lowest BCUT2D eigenvalue weighted by molar-refractivity contribution is -0.146. The van der Waals surface area contributed by atoms with Crippen molar-refractivity contribution in [1.82, 2.24) is 19.8 Å². The number of benzene rings is 1. The van der Waals surface area contributed by atoms with Gasteiger partial charge in [0, 0.05) is 24.2 Å². The Hall–Kier alpha value is -3.37.